The van der Waals surface area contributed by atoms with Crippen molar-refractivity contribution in [1.82, 2.24) is 0 Å². The van der Waals surface area contributed by atoms with Crippen LogP contribution in [0.1, 0.15) is 126 Å². The molecule has 2 rings (SSSR count). The molecule has 2 N–H and O–H groups in total. The van der Waals surface area contributed by atoms with E-state index in [1.807, 2.05) is 83.1 Å². The summed E-state index contributed by atoms with van der Waals surface area (Å²) >= 11 is 0. The van der Waals surface area contributed by atoms with Crippen LogP contribution >= 0.6 is 0 Å². The maximum Gasteiger partial charge on any atom is 0.346 e. The molecule has 0 aliphatic heterocycles. The van der Waals surface area contributed by atoms with Crippen LogP contribution in [0.15, 0.2) is 24.3 Å². The fourth-order valence-electron chi connectivity index (χ4n) is 3.99. The fourth-order valence-corrected chi connectivity index (χ4v) is 3.99. The molecule has 35 heavy (non-hydrogen) atoms. The Morgan fingerprint density at radius 3 is 0.886 bits per heavy atom. The van der Waals surface area contributed by atoms with Gasteiger partial charge in [0.25, 0.3) is 0 Å². The van der Waals surface area contributed by atoms with Crippen LogP contribution in [0.2, 0.25) is 0 Å². The Balaban J connectivity index is 2.59. The molecule has 0 saturated carbocycles. The third kappa shape index (κ3) is 6.25. The van der Waals surface area contributed by atoms with E-state index in [2.05, 4.69) is 0 Å². The van der Waals surface area contributed by atoms with E-state index in [4.69, 9.17) is 4.74 Å². The largest absolute Gasteiger partial charge is 0.507 e. The van der Waals surface area contributed by atoms with Crippen LogP contribution in [0, 0.1) is 0 Å². The predicted octanol–water partition coefficient (Wildman–Crippen LogP) is 7.29. The number of carbonyl (C=O) groups is 2. The second kappa shape index (κ2) is 9.00. The molecule has 2 aromatic carbocycles. The number of rotatable bonds is 2. The summed E-state index contributed by atoms with van der Waals surface area (Å²) in [6.45, 7) is 23.4. The first-order chi connectivity index (χ1) is 15.5. The SMILES string of the molecule is CC(C)(C)c1cc(C(=O)OC(=O)c2cc(C(C)(C)C)c(O)c(C(C)(C)C)c2)cc(C(C)(C)C)c1O. The number of phenols is 2. The Morgan fingerprint density at radius 2 is 0.714 bits per heavy atom. The summed E-state index contributed by atoms with van der Waals surface area (Å²) < 4.78 is 5.33. The number of benzene rings is 2. The summed E-state index contributed by atoms with van der Waals surface area (Å²) in [5.41, 5.74) is 1.15. The highest BCUT2D eigenvalue weighted by atomic mass is 16.6. The van der Waals surface area contributed by atoms with Crippen LogP contribution in [-0.2, 0) is 26.4 Å². The second-order valence-electron chi connectivity index (χ2n) is 13.5. The predicted molar refractivity (Wildman–Crippen MR) is 141 cm³/mol. The maximum atomic E-state index is 13.2. The van der Waals surface area contributed by atoms with Gasteiger partial charge in [0.2, 0.25) is 0 Å². The van der Waals surface area contributed by atoms with Gasteiger partial charge in [-0.05, 0) is 45.9 Å². The van der Waals surface area contributed by atoms with Gasteiger partial charge in [0.15, 0.2) is 0 Å². The number of phenolic OH excluding ortho intramolecular Hbond substituents is 2. The molecule has 2 aromatic rings. The number of hydrogen-bond donors (Lipinski definition) is 2. The Morgan fingerprint density at radius 1 is 0.514 bits per heavy atom. The normalized spacial score (nSPS) is 13.0. The van der Waals surface area contributed by atoms with E-state index in [-0.39, 0.29) is 22.6 Å². The quantitative estimate of drug-likeness (QED) is 0.347. The Bertz CT molecular complexity index is 982. The zero-order valence-corrected chi connectivity index (χ0v) is 23.4. The van der Waals surface area contributed by atoms with Gasteiger partial charge in [-0.1, -0.05) is 83.1 Å². The van der Waals surface area contributed by atoms with E-state index < -0.39 is 33.6 Å². The molecule has 0 aromatic heterocycles. The molecule has 192 valence electrons. The van der Waals surface area contributed by atoms with Crippen LogP contribution in [0.3, 0.4) is 0 Å². The van der Waals surface area contributed by atoms with Crippen LogP contribution in [0.5, 0.6) is 11.5 Å². The van der Waals surface area contributed by atoms with Crippen molar-refractivity contribution >= 4 is 11.9 Å². The molecule has 0 amide bonds. The van der Waals surface area contributed by atoms with Gasteiger partial charge < -0.3 is 14.9 Å². The zero-order chi connectivity index (χ0) is 27.3. The van der Waals surface area contributed by atoms with E-state index in [0.29, 0.717) is 22.3 Å². The van der Waals surface area contributed by atoms with Gasteiger partial charge in [0.1, 0.15) is 11.5 Å². The number of aromatic hydroxyl groups is 2. The van der Waals surface area contributed by atoms with E-state index in [1.54, 1.807) is 24.3 Å². The maximum absolute atomic E-state index is 13.2. The lowest BCUT2D eigenvalue weighted by atomic mass is 9.78. The van der Waals surface area contributed by atoms with Gasteiger partial charge in [-0.3, -0.25) is 0 Å². The van der Waals surface area contributed by atoms with Crippen molar-refractivity contribution in [2.45, 2.75) is 105 Å². The minimum Gasteiger partial charge on any atom is -0.507 e. The molecule has 0 radical (unpaired) electrons. The molecule has 5 nitrogen and oxygen atoms in total. The standard InChI is InChI=1S/C30H42O5/c1-27(2,3)19-13-17(14-20(23(19)31)28(4,5)6)25(33)35-26(34)18-15-21(29(7,8)9)24(32)22(16-18)30(10,11)12/h13-16,31-32H,1-12H3. The second-order valence-corrected chi connectivity index (χ2v) is 13.5. The first-order valence-electron chi connectivity index (χ1n) is 12.1. The molecule has 0 spiro atoms. The van der Waals surface area contributed by atoms with Crippen molar-refractivity contribution < 1.29 is 24.5 Å². The van der Waals surface area contributed by atoms with E-state index >= 15 is 0 Å². The minimum atomic E-state index is -0.784. The van der Waals surface area contributed by atoms with Gasteiger partial charge in [0, 0.05) is 22.3 Å². The summed E-state index contributed by atoms with van der Waals surface area (Å²) in [4.78, 5) is 26.3. The number of esters is 2. The highest BCUT2D eigenvalue weighted by molar-refractivity contribution is 6.03. The van der Waals surface area contributed by atoms with Gasteiger partial charge in [-0.2, -0.15) is 0 Å². The first kappa shape index (κ1) is 28.4. The Hall–Kier alpha value is -2.82. The smallest absolute Gasteiger partial charge is 0.346 e. The van der Waals surface area contributed by atoms with Gasteiger partial charge in [0.05, 0.1) is 11.1 Å². The van der Waals surface area contributed by atoms with E-state index in [1.165, 1.54) is 0 Å². The van der Waals surface area contributed by atoms with Crippen molar-refractivity contribution in [3.63, 3.8) is 0 Å². The Kier molecular flexibility index (Phi) is 7.31. The van der Waals surface area contributed by atoms with Crippen molar-refractivity contribution in [3.05, 3.63) is 57.6 Å². The molecule has 0 atom stereocenters. The summed E-state index contributed by atoms with van der Waals surface area (Å²) in [5, 5.41) is 21.8. The van der Waals surface area contributed by atoms with E-state index in [0.717, 1.165) is 0 Å². The van der Waals surface area contributed by atoms with Crippen molar-refractivity contribution in [1.29, 1.82) is 0 Å². The molecule has 0 heterocycles. The highest BCUT2D eigenvalue weighted by Crippen LogP contribution is 2.41. The topological polar surface area (TPSA) is 83.8 Å². The van der Waals surface area contributed by atoms with Gasteiger partial charge in [-0.25, -0.2) is 9.59 Å². The molecule has 5 heteroatoms. The lowest BCUT2D eigenvalue weighted by Gasteiger charge is -2.28. The average Bonchev–Trinajstić information content (AvgIpc) is 2.64. The van der Waals surface area contributed by atoms with Crippen LogP contribution in [-0.4, -0.2) is 22.2 Å². The third-order valence-electron chi connectivity index (χ3n) is 6.11. The molecule has 0 unspecified atom stereocenters. The van der Waals surface area contributed by atoms with Crippen LogP contribution < -0.4 is 0 Å². The fraction of sp³-hybridized carbons (Fsp3) is 0.533. The minimum absolute atomic E-state index is 0.149. The van der Waals surface area contributed by atoms with Crippen LogP contribution in [0.4, 0.5) is 0 Å². The monoisotopic (exact) mass is 482 g/mol. The highest BCUT2D eigenvalue weighted by Gasteiger charge is 2.31. The molecule has 0 bridgehead atoms. The van der Waals surface area contributed by atoms with Gasteiger partial charge in [-0.15, -0.1) is 0 Å². The Labute approximate surface area is 210 Å². The molecule has 0 aliphatic carbocycles. The summed E-state index contributed by atoms with van der Waals surface area (Å²) in [7, 11) is 0. The molecule has 0 fully saturated rings. The molecule has 0 aliphatic rings. The van der Waals surface area contributed by atoms with Crippen molar-refractivity contribution in [2.75, 3.05) is 0 Å². The lowest BCUT2D eigenvalue weighted by Crippen LogP contribution is -2.21. The molecule has 0 saturated heterocycles. The third-order valence-corrected chi connectivity index (χ3v) is 6.11. The van der Waals surface area contributed by atoms with Crippen LogP contribution in [0.25, 0.3) is 0 Å². The average molecular weight is 483 g/mol. The summed E-state index contributed by atoms with van der Waals surface area (Å²) in [6.07, 6.45) is 0. The number of ether oxygens (including phenoxy) is 1. The molecular formula is C30H42O5. The zero-order valence-electron chi connectivity index (χ0n) is 23.4. The van der Waals surface area contributed by atoms with E-state index in [9.17, 15) is 19.8 Å². The number of hydrogen-bond acceptors (Lipinski definition) is 5. The first-order valence-corrected chi connectivity index (χ1v) is 12.1. The lowest BCUT2D eigenvalue weighted by molar-refractivity contribution is 0.0397. The summed E-state index contributed by atoms with van der Waals surface area (Å²) in [5.74, 6) is -1.27. The summed E-state index contributed by atoms with van der Waals surface area (Å²) in [6, 6.07) is 6.38. The van der Waals surface area contributed by atoms with Gasteiger partial charge >= 0.3 is 11.9 Å². The molecular weight excluding hydrogens is 440 g/mol. The number of carbonyl (C=O) groups excluding carboxylic acids is 2. The van der Waals surface area contributed by atoms with Crippen molar-refractivity contribution in [3.8, 4) is 11.5 Å². The van der Waals surface area contributed by atoms with Crippen molar-refractivity contribution in [2.24, 2.45) is 0 Å².